The van der Waals surface area contributed by atoms with Crippen molar-refractivity contribution < 1.29 is 4.74 Å². The van der Waals surface area contributed by atoms with Crippen molar-refractivity contribution >= 4 is 12.4 Å². The van der Waals surface area contributed by atoms with Crippen molar-refractivity contribution in [3.8, 4) is 0 Å². The van der Waals surface area contributed by atoms with E-state index in [0.717, 1.165) is 13.1 Å². The molecule has 0 fully saturated rings. The number of ether oxygens (including phenoxy) is 1. The highest BCUT2D eigenvalue weighted by Gasteiger charge is 2.08. The van der Waals surface area contributed by atoms with E-state index in [-0.39, 0.29) is 17.9 Å². The van der Waals surface area contributed by atoms with E-state index in [2.05, 4.69) is 17.4 Å². The maximum absolute atomic E-state index is 5.84. The summed E-state index contributed by atoms with van der Waals surface area (Å²) in [5, 5.41) is 3.26. The highest BCUT2D eigenvalue weighted by Crippen LogP contribution is 1.99. The maximum atomic E-state index is 5.84. The van der Waals surface area contributed by atoms with Gasteiger partial charge in [-0.2, -0.15) is 0 Å². The molecule has 3 N–H and O–H groups in total. The number of benzene rings is 1. The summed E-state index contributed by atoms with van der Waals surface area (Å²) in [5.74, 6) is 0. The molecule has 0 aliphatic carbocycles. The van der Waals surface area contributed by atoms with Gasteiger partial charge in [-0.05, 0) is 19.4 Å². The number of nitrogens with two attached hydrogens (primary N) is 1. The third-order valence-electron chi connectivity index (χ3n) is 2.12. The summed E-state index contributed by atoms with van der Waals surface area (Å²) in [6.45, 7) is 7.05. The first-order valence-electron chi connectivity index (χ1n) is 5.69. The van der Waals surface area contributed by atoms with Crippen molar-refractivity contribution in [2.24, 2.45) is 5.73 Å². The van der Waals surface area contributed by atoms with E-state index in [9.17, 15) is 0 Å². The lowest BCUT2D eigenvalue weighted by Gasteiger charge is -2.18. The fraction of sp³-hybridized carbons (Fsp3) is 0.538. The second-order valence-electron chi connectivity index (χ2n) is 4.70. The van der Waals surface area contributed by atoms with Gasteiger partial charge in [0.15, 0.2) is 0 Å². The van der Waals surface area contributed by atoms with Crippen LogP contribution >= 0.6 is 12.4 Å². The summed E-state index contributed by atoms with van der Waals surface area (Å²) >= 11 is 0. The van der Waals surface area contributed by atoms with E-state index >= 15 is 0 Å². The van der Waals surface area contributed by atoms with Gasteiger partial charge in [-0.1, -0.05) is 30.3 Å². The van der Waals surface area contributed by atoms with Crippen molar-refractivity contribution in [2.45, 2.75) is 26.0 Å². The smallest absolute Gasteiger partial charge is 0.0717 e. The molecule has 0 heterocycles. The monoisotopic (exact) mass is 258 g/mol. The van der Waals surface area contributed by atoms with Crippen LogP contribution in [0.2, 0.25) is 0 Å². The quantitative estimate of drug-likeness (QED) is 0.735. The van der Waals surface area contributed by atoms with Gasteiger partial charge >= 0.3 is 0 Å². The van der Waals surface area contributed by atoms with Crippen LogP contribution in [0.5, 0.6) is 0 Å². The van der Waals surface area contributed by atoms with Crippen LogP contribution in [-0.4, -0.2) is 25.2 Å². The summed E-state index contributed by atoms with van der Waals surface area (Å²) in [4.78, 5) is 0. The van der Waals surface area contributed by atoms with E-state index in [1.165, 1.54) is 5.56 Å². The Bertz CT molecular complexity index is 285. The minimum atomic E-state index is -0.153. The predicted octanol–water partition coefficient (Wildman–Crippen LogP) is 1.95. The molecule has 0 unspecified atom stereocenters. The Morgan fingerprint density at radius 3 is 2.47 bits per heavy atom. The van der Waals surface area contributed by atoms with Crippen molar-refractivity contribution in [3.05, 3.63) is 35.9 Å². The highest BCUT2D eigenvalue weighted by atomic mass is 35.5. The van der Waals surface area contributed by atoms with Gasteiger partial charge in [-0.3, -0.25) is 0 Å². The highest BCUT2D eigenvalue weighted by molar-refractivity contribution is 5.85. The Kier molecular flexibility index (Phi) is 8.17. The Labute approximate surface area is 110 Å². The molecule has 4 heteroatoms. The summed E-state index contributed by atoms with van der Waals surface area (Å²) in [7, 11) is 0. The average Bonchev–Trinajstić information content (AvgIpc) is 2.23. The molecular formula is C13H23ClN2O. The lowest BCUT2D eigenvalue weighted by Crippen LogP contribution is -2.43. The average molecular weight is 259 g/mol. The van der Waals surface area contributed by atoms with Gasteiger partial charge < -0.3 is 15.8 Å². The first-order chi connectivity index (χ1) is 7.58. The summed E-state index contributed by atoms with van der Waals surface area (Å²) in [6.07, 6.45) is 0. The van der Waals surface area contributed by atoms with Crippen LogP contribution in [0.25, 0.3) is 0 Å². The third kappa shape index (κ3) is 9.12. The maximum Gasteiger partial charge on any atom is 0.0717 e. The lowest BCUT2D eigenvalue weighted by atomic mass is 10.1. The minimum absolute atomic E-state index is 0. The second-order valence-corrected chi connectivity index (χ2v) is 4.70. The molecule has 0 aromatic heterocycles. The van der Waals surface area contributed by atoms with Gasteiger partial charge in [-0.25, -0.2) is 0 Å². The molecule has 0 radical (unpaired) electrons. The second kappa shape index (κ2) is 8.48. The van der Waals surface area contributed by atoms with E-state index in [1.807, 2.05) is 32.0 Å². The molecule has 17 heavy (non-hydrogen) atoms. The molecule has 0 spiro atoms. The third-order valence-corrected chi connectivity index (χ3v) is 2.12. The van der Waals surface area contributed by atoms with Crippen LogP contribution < -0.4 is 11.1 Å². The number of rotatable bonds is 7. The van der Waals surface area contributed by atoms with E-state index < -0.39 is 0 Å². The van der Waals surface area contributed by atoms with Gasteiger partial charge in [0.1, 0.15) is 0 Å². The van der Waals surface area contributed by atoms with Gasteiger partial charge in [0.2, 0.25) is 0 Å². The van der Waals surface area contributed by atoms with Crippen LogP contribution in [0.1, 0.15) is 19.4 Å². The normalized spacial score (nSPS) is 11.0. The molecule has 0 saturated heterocycles. The largest absolute Gasteiger partial charge is 0.375 e. The molecule has 0 aliphatic heterocycles. The summed E-state index contributed by atoms with van der Waals surface area (Å²) in [6, 6.07) is 10.2. The Morgan fingerprint density at radius 1 is 1.24 bits per heavy atom. The topological polar surface area (TPSA) is 47.3 Å². The van der Waals surface area contributed by atoms with Crippen LogP contribution in [-0.2, 0) is 11.3 Å². The minimum Gasteiger partial charge on any atom is -0.375 e. The Balaban J connectivity index is 0.00000256. The fourth-order valence-corrected chi connectivity index (χ4v) is 1.32. The Hall–Kier alpha value is -0.610. The van der Waals surface area contributed by atoms with E-state index in [0.29, 0.717) is 13.2 Å². The van der Waals surface area contributed by atoms with Gasteiger partial charge in [0, 0.05) is 18.6 Å². The lowest BCUT2D eigenvalue weighted by molar-refractivity contribution is 0.122. The standard InChI is InChI=1S/C13H22N2O.ClH/c1-13(2,14)11-15-8-9-16-10-12-6-4-3-5-7-12;/h3-7,15H,8-11,14H2,1-2H3;1H. The number of hydrogen-bond acceptors (Lipinski definition) is 3. The van der Waals surface area contributed by atoms with E-state index in [4.69, 9.17) is 10.5 Å². The van der Waals surface area contributed by atoms with Gasteiger partial charge in [-0.15, -0.1) is 12.4 Å². The number of hydrogen-bond donors (Lipinski definition) is 2. The van der Waals surface area contributed by atoms with E-state index in [1.54, 1.807) is 0 Å². The van der Waals surface area contributed by atoms with Crippen LogP contribution in [0.3, 0.4) is 0 Å². The summed E-state index contributed by atoms with van der Waals surface area (Å²) < 4.78 is 5.53. The molecule has 1 aromatic carbocycles. The zero-order valence-corrected chi connectivity index (χ0v) is 11.4. The molecule has 0 saturated carbocycles. The molecule has 1 aromatic rings. The molecular weight excluding hydrogens is 236 g/mol. The van der Waals surface area contributed by atoms with Crippen LogP contribution in [0, 0.1) is 0 Å². The van der Waals surface area contributed by atoms with Crippen molar-refractivity contribution in [1.82, 2.24) is 5.32 Å². The molecule has 0 bridgehead atoms. The molecule has 0 amide bonds. The van der Waals surface area contributed by atoms with Crippen molar-refractivity contribution in [1.29, 1.82) is 0 Å². The molecule has 98 valence electrons. The molecule has 0 aliphatic rings. The van der Waals surface area contributed by atoms with Crippen LogP contribution in [0.15, 0.2) is 30.3 Å². The fourth-order valence-electron chi connectivity index (χ4n) is 1.32. The first-order valence-corrected chi connectivity index (χ1v) is 5.69. The van der Waals surface area contributed by atoms with Crippen LogP contribution in [0.4, 0.5) is 0 Å². The number of nitrogens with one attached hydrogen (secondary N) is 1. The Morgan fingerprint density at radius 2 is 1.88 bits per heavy atom. The summed E-state index contributed by atoms with van der Waals surface area (Å²) in [5.41, 5.74) is 6.89. The zero-order chi connectivity index (χ0) is 11.9. The zero-order valence-electron chi connectivity index (χ0n) is 10.6. The molecule has 3 nitrogen and oxygen atoms in total. The molecule has 0 atom stereocenters. The van der Waals surface area contributed by atoms with Gasteiger partial charge in [0.25, 0.3) is 0 Å². The SMILES string of the molecule is CC(C)(N)CNCCOCc1ccccc1.Cl. The first kappa shape index (κ1) is 16.4. The van der Waals surface area contributed by atoms with Crippen molar-refractivity contribution in [3.63, 3.8) is 0 Å². The van der Waals surface area contributed by atoms with Crippen molar-refractivity contribution in [2.75, 3.05) is 19.7 Å². The van der Waals surface area contributed by atoms with Gasteiger partial charge in [0.05, 0.1) is 13.2 Å². The molecule has 1 rings (SSSR count). The number of halogens is 1. The predicted molar refractivity (Wildman–Crippen MR) is 74.5 cm³/mol.